The van der Waals surface area contributed by atoms with E-state index in [0.29, 0.717) is 15.9 Å². The summed E-state index contributed by atoms with van der Waals surface area (Å²) in [6.07, 6.45) is -4.06. The summed E-state index contributed by atoms with van der Waals surface area (Å²) in [4.78, 5) is 26.7. The number of carbonyl (C=O) groups excluding carboxylic acids is 2. The van der Waals surface area contributed by atoms with E-state index in [4.69, 9.17) is 10.00 Å². The van der Waals surface area contributed by atoms with E-state index in [1.54, 1.807) is 24.3 Å². The van der Waals surface area contributed by atoms with Gasteiger partial charge in [0.25, 0.3) is 5.91 Å². The number of carbonyl (C=O) groups is 2. The number of hydrogen-bond acceptors (Lipinski definition) is 5. The van der Waals surface area contributed by atoms with Gasteiger partial charge in [-0.25, -0.2) is 9.48 Å². The first kappa shape index (κ1) is 24.5. The molecule has 0 bridgehead atoms. The summed E-state index contributed by atoms with van der Waals surface area (Å²) in [5.41, 5.74) is -0.802. The molecule has 10 heteroatoms. The van der Waals surface area contributed by atoms with Gasteiger partial charge in [0.15, 0.2) is 5.69 Å². The molecule has 3 aromatic rings. The van der Waals surface area contributed by atoms with Crippen LogP contribution >= 0.6 is 0 Å². The highest BCUT2D eigenvalue weighted by Gasteiger charge is 2.41. The fourth-order valence-corrected chi connectivity index (χ4v) is 3.43. The molecule has 0 atom stereocenters. The van der Waals surface area contributed by atoms with Gasteiger partial charge in [-0.05, 0) is 63.2 Å². The molecule has 0 unspecified atom stereocenters. The standard InChI is InChI=1S/C24H21F3N4O3/c1-4-34-23(33)20-14-29-31(21(20)24(25,26)27)18-10-8-17(9-11-18)22(32)30(15(2)3)19-7-5-6-16(12-19)13-28/h5-12,14-15H,4H2,1-3H3. The van der Waals surface area contributed by atoms with Crippen LogP contribution in [-0.2, 0) is 10.9 Å². The summed E-state index contributed by atoms with van der Waals surface area (Å²) in [6.45, 7) is 5.02. The van der Waals surface area contributed by atoms with E-state index in [2.05, 4.69) is 5.10 Å². The van der Waals surface area contributed by atoms with E-state index in [0.717, 1.165) is 6.20 Å². The number of alkyl halides is 3. The fourth-order valence-electron chi connectivity index (χ4n) is 3.43. The molecule has 3 rings (SSSR count). The zero-order chi connectivity index (χ0) is 25.0. The van der Waals surface area contributed by atoms with Crippen LogP contribution < -0.4 is 4.90 Å². The quantitative estimate of drug-likeness (QED) is 0.474. The first-order valence-corrected chi connectivity index (χ1v) is 10.3. The van der Waals surface area contributed by atoms with Gasteiger partial charge >= 0.3 is 12.1 Å². The maximum atomic E-state index is 13.7. The first-order valence-electron chi connectivity index (χ1n) is 10.3. The maximum Gasteiger partial charge on any atom is 0.434 e. The molecule has 0 spiro atoms. The van der Waals surface area contributed by atoms with Crippen LogP contribution in [-0.4, -0.2) is 34.3 Å². The molecular formula is C24H21F3N4O3. The highest BCUT2D eigenvalue weighted by Crippen LogP contribution is 2.34. The largest absolute Gasteiger partial charge is 0.462 e. The van der Waals surface area contributed by atoms with Crippen LogP contribution in [0.4, 0.5) is 18.9 Å². The molecule has 1 heterocycles. The minimum Gasteiger partial charge on any atom is -0.462 e. The number of esters is 1. The normalized spacial score (nSPS) is 11.2. The van der Waals surface area contributed by atoms with E-state index in [-0.39, 0.29) is 29.8 Å². The van der Waals surface area contributed by atoms with Crippen LogP contribution in [0.15, 0.2) is 54.7 Å². The van der Waals surface area contributed by atoms with Crippen LogP contribution in [0.25, 0.3) is 5.69 Å². The van der Waals surface area contributed by atoms with Gasteiger partial charge in [0.05, 0.1) is 30.1 Å². The van der Waals surface area contributed by atoms with Gasteiger partial charge in [0.1, 0.15) is 5.56 Å². The second-order valence-electron chi connectivity index (χ2n) is 7.51. The lowest BCUT2D eigenvalue weighted by atomic mass is 10.1. The number of nitriles is 1. The van der Waals surface area contributed by atoms with Crippen molar-refractivity contribution in [3.63, 3.8) is 0 Å². The number of nitrogens with zero attached hydrogens (tertiary/aromatic N) is 4. The van der Waals surface area contributed by atoms with Crippen molar-refractivity contribution in [2.45, 2.75) is 33.0 Å². The van der Waals surface area contributed by atoms with E-state index >= 15 is 0 Å². The van der Waals surface area contributed by atoms with Crippen molar-refractivity contribution in [2.24, 2.45) is 0 Å². The minimum atomic E-state index is -4.87. The predicted molar refractivity (Wildman–Crippen MR) is 118 cm³/mol. The number of amides is 1. The van der Waals surface area contributed by atoms with E-state index in [1.807, 2.05) is 19.9 Å². The molecule has 0 aliphatic carbocycles. The Labute approximate surface area is 194 Å². The minimum absolute atomic E-state index is 0.0157. The Morgan fingerprint density at radius 3 is 2.41 bits per heavy atom. The maximum absolute atomic E-state index is 13.7. The van der Waals surface area contributed by atoms with Crippen molar-refractivity contribution in [1.82, 2.24) is 9.78 Å². The topological polar surface area (TPSA) is 88.2 Å². The Balaban J connectivity index is 1.98. The second kappa shape index (κ2) is 9.79. The van der Waals surface area contributed by atoms with Gasteiger partial charge < -0.3 is 9.64 Å². The summed E-state index contributed by atoms with van der Waals surface area (Å²) in [7, 11) is 0. The van der Waals surface area contributed by atoms with Gasteiger partial charge in [-0.3, -0.25) is 4.79 Å². The molecule has 0 aliphatic rings. The number of ether oxygens (including phenoxy) is 1. The van der Waals surface area contributed by atoms with Crippen LogP contribution in [0, 0.1) is 11.3 Å². The average molecular weight is 470 g/mol. The molecule has 0 aliphatic heterocycles. The SMILES string of the molecule is CCOC(=O)c1cnn(-c2ccc(C(=O)N(c3cccc(C#N)c3)C(C)C)cc2)c1C(F)(F)F. The van der Waals surface area contributed by atoms with E-state index < -0.39 is 23.4 Å². The Bertz CT molecular complexity index is 1240. The Kier molecular flexibility index (Phi) is 7.05. The fraction of sp³-hybridized carbons (Fsp3) is 0.250. The molecule has 0 N–H and O–H groups in total. The van der Waals surface area contributed by atoms with Gasteiger partial charge in [0.2, 0.25) is 0 Å². The van der Waals surface area contributed by atoms with Crippen molar-refractivity contribution in [3.05, 3.63) is 77.1 Å². The average Bonchev–Trinajstić information content (AvgIpc) is 3.25. The van der Waals surface area contributed by atoms with Crippen molar-refractivity contribution in [3.8, 4) is 11.8 Å². The second-order valence-corrected chi connectivity index (χ2v) is 7.51. The molecule has 1 amide bonds. The zero-order valence-corrected chi connectivity index (χ0v) is 18.6. The lowest BCUT2D eigenvalue weighted by molar-refractivity contribution is -0.143. The van der Waals surface area contributed by atoms with Crippen molar-refractivity contribution < 1.29 is 27.5 Å². The number of halogens is 3. The number of anilines is 1. The van der Waals surface area contributed by atoms with Crippen molar-refractivity contribution >= 4 is 17.6 Å². The number of hydrogen-bond donors (Lipinski definition) is 0. The molecule has 0 saturated heterocycles. The lowest BCUT2D eigenvalue weighted by Gasteiger charge is -2.27. The smallest absolute Gasteiger partial charge is 0.434 e. The van der Waals surface area contributed by atoms with Gasteiger partial charge in [-0.1, -0.05) is 6.07 Å². The number of aromatic nitrogens is 2. The summed E-state index contributed by atoms with van der Waals surface area (Å²) in [5, 5.41) is 12.9. The third kappa shape index (κ3) is 4.93. The molecule has 2 aromatic carbocycles. The third-order valence-electron chi connectivity index (χ3n) is 4.88. The molecule has 7 nitrogen and oxygen atoms in total. The van der Waals surface area contributed by atoms with Crippen LogP contribution in [0.5, 0.6) is 0 Å². The molecule has 1 aromatic heterocycles. The Hall–Kier alpha value is -4.13. The number of benzene rings is 2. The monoisotopic (exact) mass is 470 g/mol. The Morgan fingerprint density at radius 2 is 1.85 bits per heavy atom. The van der Waals surface area contributed by atoms with Gasteiger partial charge in [-0.15, -0.1) is 0 Å². The highest BCUT2D eigenvalue weighted by molar-refractivity contribution is 6.06. The molecule has 0 fully saturated rings. The van der Waals surface area contributed by atoms with Crippen LogP contribution in [0.1, 0.15) is 52.7 Å². The summed E-state index contributed by atoms with van der Waals surface area (Å²) in [5.74, 6) is -1.51. The van der Waals surface area contributed by atoms with E-state index in [1.165, 1.54) is 36.1 Å². The predicted octanol–water partition coefficient (Wildman–Crippen LogP) is 4.99. The molecular weight excluding hydrogens is 449 g/mol. The first-order chi connectivity index (χ1) is 16.1. The van der Waals surface area contributed by atoms with Gasteiger partial charge in [0, 0.05) is 17.3 Å². The Morgan fingerprint density at radius 1 is 1.18 bits per heavy atom. The molecule has 34 heavy (non-hydrogen) atoms. The van der Waals surface area contributed by atoms with Crippen molar-refractivity contribution in [2.75, 3.05) is 11.5 Å². The van der Waals surface area contributed by atoms with Crippen molar-refractivity contribution in [1.29, 1.82) is 5.26 Å². The van der Waals surface area contributed by atoms with Crippen LogP contribution in [0.2, 0.25) is 0 Å². The van der Waals surface area contributed by atoms with Gasteiger partial charge in [-0.2, -0.15) is 23.5 Å². The molecule has 176 valence electrons. The summed E-state index contributed by atoms with van der Waals surface area (Å²) in [6, 6.07) is 13.7. The third-order valence-corrected chi connectivity index (χ3v) is 4.88. The summed E-state index contributed by atoms with van der Waals surface area (Å²) < 4.78 is 46.5. The zero-order valence-electron chi connectivity index (χ0n) is 18.6. The number of rotatable bonds is 6. The van der Waals surface area contributed by atoms with E-state index in [9.17, 15) is 22.8 Å². The highest BCUT2D eigenvalue weighted by atomic mass is 19.4. The summed E-state index contributed by atoms with van der Waals surface area (Å²) >= 11 is 0. The molecule has 0 radical (unpaired) electrons. The van der Waals surface area contributed by atoms with Crippen LogP contribution in [0.3, 0.4) is 0 Å². The molecule has 0 saturated carbocycles. The lowest BCUT2D eigenvalue weighted by Crippen LogP contribution is -2.37.